The van der Waals surface area contributed by atoms with Gasteiger partial charge < -0.3 is 9.47 Å². The summed E-state index contributed by atoms with van der Waals surface area (Å²) in [5.74, 6) is 0.307. The van der Waals surface area contributed by atoms with Crippen molar-refractivity contribution in [2.24, 2.45) is 9.98 Å². The first-order valence-corrected chi connectivity index (χ1v) is 3.28. The van der Waals surface area contributed by atoms with Gasteiger partial charge in [0.15, 0.2) is 6.61 Å². The van der Waals surface area contributed by atoms with Crippen molar-refractivity contribution in [3.8, 4) is 0 Å². The van der Waals surface area contributed by atoms with E-state index in [4.69, 9.17) is 9.47 Å². The second-order valence-electron chi connectivity index (χ2n) is 2.13. The Morgan fingerprint density at radius 1 is 1.27 bits per heavy atom. The highest BCUT2D eigenvalue weighted by Gasteiger charge is 2.23. The molecule has 5 nitrogen and oxygen atoms in total. The van der Waals surface area contributed by atoms with Crippen molar-refractivity contribution in [1.29, 1.82) is 0 Å². The van der Waals surface area contributed by atoms with Gasteiger partial charge in [-0.2, -0.15) is 4.99 Å². The summed E-state index contributed by atoms with van der Waals surface area (Å²) in [6.07, 6.45) is 0. The number of hydrogen-bond acceptors (Lipinski definition) is 4. The van der Waals surface area contributed by atoms with Crippen molar-refractivity contribution in [3.63, 3.8) is 0 Å². The topological polar surface area (TPSA) is 60.2 Å². The molecule has 0 unspecified atom stereocenters. The van der Waals surface area contributed by atoms with Gasteiger partial charge >= 0.3 is 0 Å². The summed E-state index contributed by atoms with van der Waals surface area (Å²) < 4.78 is 9.92. The van der Waals surface area contributed by atoms with Gasteiger partial charge in [-0.25, -0.2) is 4.99 Å². The number of rotatable bonds is 1. The van der Waals surface area contributed by atoms with Gasteiger partial charge in [0.25, 0.3) is 17.7 Å². The molecule has 0 saturated heterocycles. The van der Waals surface area contributed by atoms with Crippen LogP contribution in [0.5, 0.6) is 0 Å². The zero-order chi connectivity index (χ0) is 7.68. The van der Waals surface area contributed by atoms with Crippen molar-refractivity contribution < 1.29 is 14.3 Å². The minimum atomic E-state index is -0.279. The van der Waals surface area contributed by atoms with Crippen LogP contribution >= 0.6 is 0 Å². The van der Waals surface area contributed by atoms with Gasteiger partial charge in [-0.15, -0.1) is 0 Å². The molecule has 0 aromatic rings. The van der Waals surface area contributed by atoms with E-state index in [1.165, 1.54) is 0 Å². The highest BCUT2D eigenvalue weighted by molar-refractivity contribution is 6.38. The molecule has 2 aliphatic heterocycles. The number of carbonyl (C=O) groups is 1. The third kappa shape index (κ3) is 1.09. The summed E-state index contributed by atoms with van der Waals surface area (Å²) in [6.45, 7) is 1.18. The molecular formula is C6H6N2O3. The van der Waals surface area contributed by atoms with E-state index in [0.717, 1.165) is 0 Å². The molecule has 11 heavy (non-hydrogen) atoms. The summed E-state index contributed by atoms with van der Waals surface area (Å²) in [4.78, 5) is 18.1. The van der Waals surface area contributed by atoms with E-state index >= 15 is 0 Å². The maximum Gasteiger partial charge on any atom is 0.287 e. The Morgan fingerprint density at radius 3 is 2.73 bits per heavy atom. The lowest BCUT2D eigenvalue weighted by molar-refractivity contribution is -0.118. The Bertz CT molecular complexity index is 257. The predicted molar refractivity (Wildman–Crippen MR) is 36.6 cm³/mol. The maximum atomic E-state index is 10.6. The average Bonchev–Trinajstić information content (AvgIpc) is 2.55. The summed E-state index contributed by atoms with van der Waals surface area (Å²) in [5.41, 5.74) is 0. The molecule has 1 amide bonds. The smallest absolute Gasteiger partial charge is 0.287 e. The molecule has 0 bridgehead atoms. The number of nitrogens with zero attached hydrogens (tertiary/aromatic N) is 2. The minimum Gasteiger partial charge on any atom is -0.472 e. The molecule has 0 radical (unpaired) electrons. The van der Waals surface area contributed by atoms with E-state index in [0.29, 0.717) is 19.0 Å². The van der Waals surface area contributed by atoms with Crippen LogP contribution in [-0.4, -0.2) is 37.5 Å². The van der Waals surface area contributed by atoms with Crippen molar-refractivity contribution in [3.05, 3.63) is 0 Å². The number of carbonyl (C=O) groups excluding carboxylic acids is 1. The van der Waals surface area contributed by atoms with E-state index in [1.807, 2.05) is 0 Å². The van der Waals surface area contributed by atoms with Gasteiger partial charge in [-0.1, -0.05) is 0 Å². The molecule has 0 aromatic heterocycles. The number of ether oxygens (including phenoxy) is 2. The highest BCUT2D eigenvalue weighted by Crippen LogP contribution is 2.03. The Morgan fingerprint density at radius 2 is 2.18 bits per heavy atom. The standard InChI is InChI=1S/C6H6N2O3/c9-4-3-11-6(8-4)5-7-1-2-10-5/h1-3H2. The molecule has 5 heteroatoms. The summed E-state index contributed by atoms with van der Waals surface area (Å²) >= 11 is 0. The normalized spacial score (nSPS) is 22.4. The summed E-state index contributed by atoms with van der Waals surface area (Å²) in [6, 6.07) is 0. The van der Waals surface area contributed by atoms with Crippen LogP contribution < -0.4 is 0 Å². The Labute approximate surface area is 62.7 Å². The fourth-order valence-electron chi connectivity index (χ4n) is 0.882. The van der Waals surface area contributed by atoms with Crippen LogP contribution in [0.15, 0.2) is 9.98 Å². The van der Waals surface area contributed by atoms with Gasteiger partial charge in [-0.3, -0.25) is 4.79 Å². The lowest BCUT2D eigenvalue weighted by Crippen LogP contribution is -2.14. The lowest BCUT2D eigenvalue weighted by Gasteiger charge is -1.97. The fourth-order valence-corrected chi connectivity index (χ4v) is 0.882. The zero-order valence-corrected chi connectivity index (χ0v) is 5.74. The molecule has 2 heterocycles. The van der Waals surface area contributed by atoms with Gasteiger partial charge in [0.2, 0.25) is 0 Å². The second-order valence-corrected chi connectivity index (χ2v) is 2.13. The summed E-state index contributed by atoms with van der Waals surface area (Å²) in [7, 11) is 0. The van der Waals surface area contributed by atoms with E-state index < -0.39 is 0 Å². The molecular weight excluding hydrogens is 148 g/mol. The monoisotopic (exact) mass is 154 g/mol. The van der Waals surface area contributed by atoms with Crippen LogP contribution in [0.4, 0.5) is 0 Å². The number of amides is 1. The first-order valence-electron chi connectivity index (χ1n) is 3.28. The van der Waals surface area contributed by atoms with Crippen LogP contribution in [0.1, 0.15) is 0 Å². The fraction of sp³-hybridized carbons (Fsp3) is 0.500. The molecule has 0 N–H and O–H groups in total. The molecule has 0 fully saturated rings. The number of aliphatic imine (C=N–C) groups is 2. The Hall–Kier alpha value is -1.39. The molecule has 0 saturated carbocycles. The predicted octanol–water partition coefficient (Wildman–Crippen LogP) is -0.630. The van der Waals surface area contributed by atoms with Gasteiger partial charge in [0, 0.05) is 0 Å². The van der Waals surface area contributed by atoms with E-state index in [2.05, 4.69) is 9.98 Å². The minimum absolute atomic E-state index is 0.0116. The van der Waals surface area contributed by atoms with Gasteiger partial charge in [0.05, 0.1) is 6.54 Å². The van der Waals surface area contributed by atoms with Crippen molar-refractivity contribution >= 4 is 17.7 Å². The van der Waals surface area contributed by atoms with Gasteiger partial charge in [-0.05, 0) is 0 Å². The zero-order valence-electron chi connectivity index (χ0n) is 5.74. The molecule has 0 aliphatic carbocycles. The molecule has 2 rings (SSSR count). The molecule has 58 valence electrons. The second kappa shape index (κ2) is 2.34. The van der Waals surface area contributed by atoms with E-state index in [9.17, 15) is 4.79 Å². The van der Waals surface area contributed by atoms with E-state index in [-0.39, 0.29) is 18.4 Å². The SMILES string of the molecule is O=C1COC(C2=NCCO2)=N1. The van der Waals surface area contributed by atoms with Crippen LogP contribution in [0.25, 0.3) is 0 Å². The highest BCUT2D eigenvalue weighted by atomic mass is 16.5. The van der Waals surface area contributed by atoms with Crippen LogP contribution in [-0.2, 0) is 14.3 Å². The quantitative estimate of drug-likeness (QED) is 0.505. The lowest BCUT2D eigenvalue weighted by atomic mass is 10.6. The largest absolute Gasteiger partial charge is 0.472 e. The van der Waals surface area contributed by atoms with Crippen LogP contribution in [0, 0.1) is 0 Å². The first-order chi connectivity index (χ1) is 5.36. The molecule has 0 atom stereocenters. The van der Waals surface area contributed by atoms with Gasteiger partial charge in [0.1, 0.15) is 6.61 Å². The van der Waals surface area contributed by atoms with E-state index in [1.54, 1.807) is 0 Å². The third-order valence-corrected chi connectivity index (χ3v) is 1.33. The molecule has 0 spiro atoms. The van der Waals surface area contributed by atoms with Crippen LogP contribution in [0.2, 0.25) is 0 Å². The Balaban J connectivity index is 2.16. The summed E-state index contributed by atoms with van der Waals surface area (Å²) in [5, 5.41) is 0. The number of hydrogen-bond donors (Lipinski definition) is 0. The molecule has 2 aliphatic rings. The Kier molecular flexibility index (Phi) is 1.34. The average molecular weight is 154 g/mol. The van der Waals surface area contributed by atoms with Crippen molar-refractivity contribution in [2.75, 3.05) is 19.8 Å². The first kappa shape index (κ1) is 6.33. The van der Waals surface area contributed by atoms with Crippen LogP contribution in [0.3, 0.4) is 0 Å². The van der Waals surface area contributed by atoms with Crippen molar-refractivity contribution in [2.45, 2.75) is 0 Å². The molecule has 0 aromatic carbocycles. The maximum absolute atomic E-state index is 10.6. The van der Waals surface area contributed by atoms with Crippen molar-refractivity contribution in [1.82, 2.24) is 0 Å². The third-order valence-electron chi connectivity index (χ3n) is 1.33.